The molecular formula is C18H23N3O3. The number of carbonyl (C=O) groups excluding carboxylic acids is 2. The molecule has 1 amide bonds. The van der Waals surface area contributed by atoms with Gasteiger partial charge in [-0.3, -0.25) is 4.79 Å². The number of nitrogens with zero attached hydrogens (tertiary/aromatic N) is 2. The maximum atomic E-state index is 12.7. The highest BCUT2D eigenvalue weighted by Crippen LogP contribution is 2.24. The molecule has 0 spiro atoms. The zero-order valence-corrected chi connectivity index (χ0v) is 14.8. The number of hydrogen-bond donors (Lipinski definition) is 1. The highest BCUT2D eigenvalue weighted by Gasteiger charge is 2.26. The third-order valence-corrected chi connectivity index (χ3v) is 3.94. The number of aryl methyl sites for hydroxylation is 1. The average Bonchev–Trinajstić information content (AvgIpc) is 2.77. The molecule has 0 radical (unpaired) electrons. The summed E-state index contributed by atoms with van der Waals surface area (Å²) in [5.74, 6) is -0.200. The number of amides is 1. The number of esters is 1. The fourth-order valence-electron chi connectivity index (χ4n) is 2.87. The van der Waals surface area contributed by atoms with E-state index in [-0.39, 0.29) is 5.91 Å². The molecular weight excluding hydrogens is 306 g/mol. The number of hydrogen-bond acceptors (Lipinski definition) is 4. The predicted molar refractivity (Wildman–Crippen MR) is 92.5 cm³/mol. The Bertz CT molecular complexity index is 778. The van der Waals surface area contributed by atoms with E-state index in [1.807, 2.05) is 31.4 Å². The molecule has 2 aromatic heterocycles. The number of rotatable bonds is 5. The lowest BCUT2D eigenvalue weighted by atomic mass is 10.1. The van der Waals surface area contributed by atoms with Crippen LogP contribution >= 0.6 is 0 Å². The first-order chi connectivity index (χ1) is 11.4. The molecule has 0 aromatic carbocycles. The van der Waals surface area contributed by atoms with E-state index in [0.717, 1.165) is 11.3 Å². The Morgan fingerprint density at radius 3 is 2.54 bits per heavy atom. The van der Waals surface area contributed by atoms with Crippen molar-refractivity contribution < 1.29 is 14.3 Å². The second kappa shape index (κ2) is 7.29. The van der Waals surface area contributed by atoms with Crippen LogP contribution in [-0.4, -0.2) is 28.0 Å². The third-order valence-electron chi connectivity index (χ3n) is 3.94. The summed E-state index contributed by atoms with van der Waals surface area (Å²) in [4.78, 5) is 29.1. The van der Waals surface area contributed by atoms with Crippen LogP contribution in [0.3, 0.4) is 0 Å². The highest BCUT2D eigenvalue weighted by molar-refractivity contribution is 6.08. The van der Waals surface area contributed by atoms with Crippen molar-refractivity contribution in [1.29, 1.82) is 0 Å². The van der Waals surface area contributed by atoms with Gasteiger partial charge in [0.1, 0.15) is 11.5 Å². The van der Waals surface area contributed by atoms with Crippen molar-refractivity contribution in [2.45, 2.75) is 41.2 Å². The van der Waals surface area contributed by atoms with Gasteiger partial charge < -0.3 is 14.6 Å². The maximum Gasteiger partial charge on any atom is 0.355 e. The van der Waals surface area contributed by atoms with E-state index in [0.29, 0.717) is 35.8 Å². The number of carbonyl (C=O) groups is 2. The summed E-state index contributed by atoms with van der Waals surface area (Å²) >= 11 is 0. The van der Waals surface area contributed by atoms with Gasteiger partial charge in [-0.25, -0.2) is 9.78 Å². The first-order valence-corrected chi connectivity index (χ1v) is 8.01. The van der Waals surface area contributed by atoms with Crippen LogP contribution in [-0.2, 0) is 11.3 Å². The molecule has 1 N–H and O–H groups in total. The molecule has 0 aliphatic rings. The van der Waals surface area contributed by atoms with Crippen LogP contribution in [0.2, 0.25) is 0 Å². The van der Waals surface area contributed by atoms with Crippen molar-refractivity contribution in [1.82, 2.24) is 9.55 Å². The normalized spacial score (nSPS) is 10.5. The minimum Gasteiger partial charge on any atom is -0.461 e. The maximum absolute atomic E-state index is 12.7. The first-order valence-electron chi connectivity index (χ1n) is 8.01. The molecule has 2 heterocycles. The minimum atomic E-state index is -0.410. The lowest BCUT2D eigenvalue weighted by Gasteiger charge is -2.08. The largest absolute Gasteiger partial charge is 0.461 e. The van der Waals surface area contributed by atoms with E-state index in [1.165, 1.54) is 0 Å². The van der Waals surface area contributed by atoms with E-state index in [9.17, 15) is 9.59 Å². The lowest BCUT2D eigenvalue weighted by molar-refractivity contribution is 0.0512. The lowest BCUT2D eigenvalue weighted by Crippen LogP contribution is -2.15. The molecule has 0 aliphatic heterocycles. The van der Waals surface area contributed by atoms with Gasteiger partial charge in [0.05, 0.1) is 12.2 Å². The molecule has 6 nitrogen and oxygen atoms in total. The Morgan fingerprint density at radius 2 is 1.96 bits per heavy atom. The Labute approximate surface area is 141 Å². The zero-order valence-electron chi connectivity index (χ0n) is 14.8. The van der Waals surface area contributed by atoms with Crippen LogP contribution in [0.5, 0.6) is 0 Å². The van der Waals surface area contributed by atoms with Crippen LogP contribution in [0.4, 0.5) is 5.82 Å². The van der Waals surface area contributed by atoms with Gasteiger partial charge in [-0.15, -0.1) is 0 Å². The average molecular weight is 329 g/mol. The van der Waals surface area contributed by atoms with Gasteiger partial charge in [0.15, 0.2) is 0 Å². The number of anilines is 1. The van der Waals surface area contributed by atoms with Gasteiger partial charge in [0.25, 0.3) is 5.91 Å². The summed E-state index contributed by atoms with van der Waals surface area (Å²) in [6.07, 6.45) is 1.64. The second-order valence-corrected chi connectivity index (χ2v) is 5.57. The second-order valence-electron chi connectivity index (χ2n) is 5.57. The Balaban J connectivity index is 2.43. The molecule has 0 atom stereocenters. The molecule has 0 saturated heterocycles. The molecule has 24 heavy (non-hydrogen) atoms. The predicted octanol–water partition coefficient (Wildman–Crippen LogP) is 3.26. The van der Waals surface area contributed by atoms with Gasteiger partial charge in [-0.2, -0.15) is 0 Å². The summed E-state index contributed by atoms with van der Waals surface area (Å²) in [5, 5.41) is 2.80. The smallest absolute Gasteiger partial charge is 0.355 e. The van der Waals surface area contributed by atoms with Crippen molar-refractivity contribution in [2.24, 2.45) is 0 Å². The Hall–Kier alpha value is -2.63. The van der Waals surface area contributed by atoms with E-state index in [2.05, 4.69) is 10.3 Å². The molecule has 2 rings (SSSR count). The Morgan fingerprint density at radius 1 is 1.25 bits per heavy atom. The molecule has 128 valence electrons. The van der Waals surface area contributed by atoms with Crippen molar-refractivity contribution in [3.63, 3.8) is 0 Å². The van der Waals surface area contributed by atoms with E-state index in [4.69, 9.17) is 4.74 Å². The quantitative estimate of drug-likeness (QED) is 0.855. The summed E-state index contributed by atoms with van der Waals surface area (Å²) in [7, 11) is 0. The van der Waals surface area contributed by atoms with E-state index < -0.39 is 5.97 Å². The highest BCUT2D eigenvalue weighted by atomic mass is 16.5. The monoisotopic (exact) mass is 329 g/mol. The van der Waals surface area contributed by atoms with Crippen molar-refractivity contribution in [2.75, 3.05) is 11.9 Å². The van der Waals surface area contributed by atoms with Crippen LogP contribution < -0.4 is 5.32 Å². The van der Waals surface area contributed by atoms with E-state index >= 15 is 0 Å². The van der Waals surface area contributed by atoms with Crippen molar-refractivity contribution in [3.8, 4) is 0 Å². The fourth-order valence-corrected chi connectivity index (χ4v) is 2.87. The third kappa shape index (κ3) is 3.32. The minimum absolute atomic E-state index is 0.277. The van der Waals surface area contributed by atoms with Gasteiger partial charge in [0, 0.05) is 18.4 Å². The summed E-state index contributed by atoms with van der Waals surface area (Å²) in [5.41, 5.74) is 3.29. The van der Waals surface area contributed by atoms with E-state index in [1.54, 1.807) is 26.1 Å². The first kappa shape index (κ1) is 17.7. The number of ether oxygens (including phenoxy) is 1. The molecule has 0 bridgehead atoms. The zero-order chi connectivity index (χ0) is 17.9. The van der Waals surface area contributed by atoms with Gasteiger partial charge in [-0.1, -0.05) is 0 Å². The molecule has 0 fully saturated rings. The van der Waals surface area contributed by atoms with Crippen LogP contribution in [0.15, 0.2) is 18.3 Å². The van der Waals surface area contributed by atoms with Crippen LogP contribution in [0.25, 0.3) is 0 Å². The number of pyridine rings is 1. The van der Waals surface area contributed by atoms with Crippen LogP contribution in [0.1, 0.15) is 51.5 Å². The van der Waals surface area contributed by atoms with Crippen molar-refractivity contribution in [3.05, 3.63) is 46.4 Å². The topological polar surface area (TPSA) is 73.2 Å². The molecule has 0 unspecified atom stereocenters. The van der Waals surface area contributed by atoms with Gasteiger partial charge >= 0.3 is 5.97 Å². The van der Waals surface area contributed by atoms with Gasteiger partial charge in [0.2, 0.25) is 0 Å². The standard InChI is InChI=1S/C18H23N3O3/c1-6-21-13(5)15(12(4)16(21)18(23)24-7-2)17(22)20-14-10-11(3)8-9-19-14/h8-10H,6-7H2,1-5H3,(H,19,20,22). The summed E-state index contributed by atoms with van der Waals surface area (Å²) in [6, 6.07) is 3.66. The SMILES string of the molecule is CCOC(=O)c1c(C)c(C(=O)Nc2cc(C)ccn2)c(C)n1CC. The number of nitrogens with one attached hydrogen (secondary N) is 1. The molecule has 0 saturated carbocycles. The van der Waals surface area contributed by atoms with Crippen LogP contribution in [0, 0.1) is 20.8 Å². The summed E-state index contributed by atoms with van der Waals surface area (Å²) in [6.45, 7) is 10.1. The van der Waals surface area contributed by atoms with Gasteiger partial charge in [-0.05, 0) is 57.9 Å². The van der Waals surface area contributed by atoms with Crippen molar-refractivity contribution >= 4 is 17.7 Å². The molecule has 0 aliphatic carbocycles. The molecule has 2 aromatic rings. The number of aromatic nitrogens is 2. The Kier molecular flexibility index (Phi) is 5.39. The molecule has 6 heteroatoms. The fraction of sp³-hybridized carbons (Fsp3) is 0.389. The summed E-state index contributed by atoms with van der Waals surface area (Å²) < 4.78 is 6.94.